The van der Waals surface area contributed by atoms with Crippen LogP contribution in [0.15, 0.2) is 18.2 Å². The van der Waals surface area contributed by atoms with Crippen LogP contribution in [0.4, 0.5) is 0 Å². The Hall–Kier alpha value is -1.02. The van der Waals surface area contributed by atoms with E-state index in [4.69, 9.17) is 4.74 Å². The van der Waals surface area contributed by atoms with Crippen LogP contribution in [-0.2, 0) is 0 Å². The van der Waals surface area contributed by atoms with E-state index in [1.54, 1.807) is 7.11 Å². The molecule has 2 nitrogen and oxygen atoms in total. The van der Waals surface area contributed by atoms with Gasteiger partial charge in [0.2, 0.25) is 0 Å². The van der Waals surface area contributed by atoms with Crippen LogP contribution in [0.25, 0.3) is 0 Å². The fourth-order valence-corrected chi connectivity index (χ4v) is 3.44. The number of hydrogen-bond acceptors (Lipinski definition) is 2. The van der Waals surface area contributed by atoms with Gasteiger partial charge in [0, 0.05) is 0 Å². The van der Waals surface area contributed by atoms with Crippen LogP contribution in [0.1, 0.15) is 50.2 Å². The summed E-state index contributed by atoms with van der Waals surface area (Å²) in [6, 6.07) is 6.56. The molecule has 1 saturated carbocycles. The quantitative estimate of drug-likeness (QED) is 0.842. The van der Waals surface area contributed by atoms with Crippen LogP contribution in [0.2, 0.25) is 0 Å². The standard InChI is InChI=1S/C18H29NO/c1-13(2)11-19-12-15-6-5-7-18(15)17-9-8-16(20-4)10-14(17)3/h8-10,13,15,18-19H,5-7,11-12H2,1-4H3. The van der Waals surface area contributed by atoms with Gasteiger partial charge in [-0.2, -0.15) is 0 Å². The lowest BCUT2D eigenvalue weighted by molar-refractivity contribution is 0.411. The molecule has 0 spiro atoms. The van der Waals surface area contributed by atoms with Crippen LogP contribution < -0.4 is 10.1 Å². The summed E-state index contributed by atoms with van der Waals surface area (Å²) < 4.78 is 5.32. The van der Waals surface area contributed by atoms with Crippen molar-refractivity contribution in [1.82, 2.24) is 5.32 Å². The van der Waals surface area contributed by atoms with Gasteiger partial charge in [0.25, 0.3) is 0 Å². The zero-order valence-electron chi connectivity index (χ0n) is 13.4. The molecular weight excluding hydrogens is 246 g/mol. The van der Waals surface area contributed by atoms with E-state index in [1.165, 1.54) is 30.4 Å². The van der Waals surface area contributed by atoms with Crippen molar-refractivity contribution < 1.29 is 4.74 Å². The first-order chi connectivity index (χ1) is 9.61. The maximum absolute atomic E-state index is 5.32. The summed E-state index contributed by atoms with van der Waals surface area (Å²) in [7, 11) is 1.74. The number of rotatable bonds is 6. The summed E-state index contributed by atoms with van der Waals surface area (Å²) in [6.45, 7) is 9.05. The molecule has 0 bridgehead atoms. The topological polar surface area (TPSA) is 21.3 Å². The molecule has 20 heavy (non-hydrogen) atoms. The first kappa shape index (κ1) is 15.4. The minimum Gasteiger partial charge on any atom is -0.497 e. The zero-order chi connectivity index (χ0) is 14.5. The minimum absolute atomic E-state index is 0.723. The number of ether oxygens (including phenoxy) is 1. The van der Waals surface area contributed by atoms with Crippen molar-refractivity contribution in [3.63, 3.8) is 0 Å². The molecule has 1 aromatic rings. The average Bonchev–Trinajstić information content (AvgIpc) is 2.86. The molecule has 1 N–H and O–H groups in total. The maximum Gasteiger partial charge on any atom is 0.119 e. The number of nitrogens with one attached hydrogen (secondary N) is 1. The highest BCUT2D eigenvalue weighted by Crippen LogP contribution is 2.41. The molecule has 2 unspecified atom stereocenters. The Morgan fingerprint density at radius 2 is 2.10 bits per heavy atom. The number of methoxy groups -OCH3 is 1. The maximum atomic E-state index is 5.32. The van der Waals surface area contributed by atoms with Crippen LogP contribution in [0.5, 0.6) is 5.75 Å². The summed E-state index contributed by atoms with van der Waals surface area (Å²) in [6.07, 6.45) is 4.06. The predicted octanol–water partition coefficient (Wildman–Crippen LogP) is 4.13. The summed E-state index contributed by atoms with van der Waals surface area (Å²) in [4.78, 5) is 0. The van der Waals surface area contributed by atoms with Crippen molar-refractivity contribution >= 4 is 0 Å². The summed E-state index contributed by atoms with van der Waals surface area (Å²) >= 11 is 0. The Morgan fingerprint density at radius 3 is 2.75 bits per heavy atom. The van der Waals surface area contributed by atoms with E-state index in [1.807, 2.05) is 0 Å². The highest BCUT2D eigenvalue weighted by Gasteiger charge is 2.29. The van der Waals surface area contributed by atoms with Gasteiger partial charge >= 0.3 is 0 Å². The third-order valence-electron chi connectivity index (χ3n) is 4.49. The van der Waals surface area contributed by atoms with Gasteiger partial charge in [-0.15, -0.1) is 0 Å². The molecule has 2 atom stereocenters. The Labute approximate surface area is 123 Å². The Morgan fingerprint density at radius 1 is 1.30 bits per heavy atom. The van der Waals surface area contributed by atoms with Crippen molar-refractivity contribution in [3.8, 4) is 5.75 Å². The van der Waals surface area contributed by atoms with Gasteiger partial charge in [-0.3, -0.25) is 0 Å². The van der Waals surface area contributed by atoms with E-state index >= 15 is 0 Å². The highest BCUT2D eigenvalue weighted by atomic mass is 16.5. The lowest BCUT2D eigenvalue weighted by Crippen LogP contribution is -2.27. The van der Waals surface area contributed by atoms with E-state index < -0.39 is 0 Å². The lowest BCUT2D eigenvalue weighted by Gasteiger charge is -2.23. The van der Waals surface area contributed by atoms with Gasteiger partial charge < -0.3 is 10.1 Å². The molecule has 0 heterocycles. The van der Waals surface area contributed by atoms with Crippen LogP contribution in [0, 0.1) is 18.8 Å². The van der Waals surface area contributed by atoms with E-state index in [0.717, 1.165) is 36.6 Å². The van der Waals surface area contributed by atoms with Crippen molar-refractivity contribution in [1.29, 1.82) is 0 Å². The molecule has 1 aliphatic carbocycles. The van der Waals surface area contributed by atoms with Gasteiger partial charge in [0.15, 0.2) is 0 Å². The zero-order valence-corrected chi connectivity index (χ0v) is 13.4. The van der Waals surface area contributed by atoms with E-state index in [-0.39, 0.29) is 0 Å². The molecular formula is C18H29NO. The number of benzene rings is 1. The second-order valence-electron chi connectivity index (χ2n) is 6.57. The second kappa shape index (κ2) is 7.12. The minimum atomic E-state index is 0.723. The van der Waals surface area contributed by atoms with E-state index in [9.17, 15) is 0 Å². The Balaban J connectivity index is 2.02. The van der Waals surface area contributed by atoms with Crippen LogP contribution >= 0.6 is 0 Å². The molecule has 1 aromatic carbocycles. The van der Waals surface area contributed by atoms with Gasteiger partial charge in [-0.25, -0.2) is 0 Å². The molecule has 0 amide bonds. The van der Waals surface area contributed by atoms with Gasteiger partial charge in [0.05, 0.1) is 7.11 Å². The normalized spacial score (nSPS) is 22.4. The molecule has 0 saturated heterocycles. The second-order valence-corrected chi connectivity index (χ2v) is 6.57. The third kappa shape index (κ3) is 3.76. The van der Waals surface area contributed by atoms with Gasteiger partial charge in [-0.1, -0.05) is 26.3 Å². The molecule has 0 aromatic heterocycles. The molecule has 2 rings (SSSR count). The molecule has 1 aliphatic rings. The first-order valence-corrected chi connectivity index (χ1v) is 7.97. The average molecular weight is 275 g/mol. The highest BCUT2D eigenvalue weighted by molar-refractivity contribution is 5.37. The molecule has 0 aliphatic heterocycles. The largest absolute Gasteiger partial charge is 0.497 e. The summed E-state index contributed by atoms with van der Waals surface area (Å²) in [5.74, 6) is 3.22. The van der Waals surface area contributed by atoms with Crippen molar-refractivity contribution in [2.75, 3.05) is 20.2 Å². The molecule has 2 heteroatoms. The Kier molecular flexibility index (Phi) is 5.47. The Bertz CT molecular complexity index is 427. The number of hydrogen-bond donors (Lipinski definition) is 1. The fourth-order valence-electron chi connectivity index (χ4n) is 3.44. The predicted molar refractivity (Wildman–Crippen MR) is 85.5 cm³/mol. The third-order valence-corrected chi connectivity index (χ3v) is 4.49. The van der Waals surface area contributed by atoms with Crippen molar-refractivity contribution in [2.45, 2.75) is 46.0 Å². The monoisotopic (exact) mass is 275 g/mol. The lowest BCUT2D eigenvalue weighted by atomic mass is 9.86. The SMILES string of the molecule is COc1ccc(C2CCCC2CNCC(C)C)c(C)c1. The molecule has 112 valence electrons. The van der Waals surface area contributed by atoms with Crippen molar-refractivity contribution in [3.05, 3.63) is 29.3 Å². The number of aryl methyl sites for hydroxylation is 1. The van der Waals surface area contributed by atoms with Crippen LogP contribution in [0.3, 0.4) is 0 Å². The summed E-state index contributed by atoms with van der Waals surface area (Å²) in [5.41, 5.74) is 2.91. The fraction of sp³-hybridized carbons (Fsp3) is 0.667. The molecule has 1 fully saturated rings. The molecule has 0 radical (unpaired) electrons. The smallest absolute Gasteiger partial charge is 0.119 e. The summed E-state index contributed by atoms with van der Waals surface area (Å²) in [5, 5.41) is 3.64. The van der Waals surface area contributed by atoms with Gasteiger partial charge in [-0.05, 0) is 73.9 Å². The van der Waals surface area contributed by atoms with Crippen LogP contribution in [-0.4, -0.2) is 20.2 Å². The first-order valence-electron chi connectivity index (χ1n) is 7.97. The van der Waals surface area contributed by atoms with Crippen molar-refractivity contribution in [2.24, 2.45) is 11.8 Å². The van der Waals surface area contributed by atoms with Gasteiger partial charge in [0.1, 0.15) is 5.75 Å². The van der Waals surface area contributed by atoms with E-state index in [2.05, 4.69) is 44.3 Å². The van der Waals surface area contributed by atoms with E-state index in [0.29, 0.717) is 0 Å².